The number of nitrogens with two attached hydrogens (primary N) is 1. The third-order valence-corrected chi connectivity index (χ3v) is 5.79. The zero-order chi connectivity index (χ0) is 14.9. The fourth-order valence-corrected chi connectivity index (χ4v) is 4.31. The van der Waals surface area contributed by atoms with Crippen LogP contribution in [-0.2, 0) is 10.0 Å². The van der Waals surface area contributed by atoms with Crippen molar-refractivity contribution in [1.82, 2.24) is 4.31 Å². The Morgan fingerprint density at radius 2 is 1.48 bits per heavy atom. The highest BCUT2D eigenvalue weighted by Gasteiger charge is 2.38. The molecule has 2 N–H and O–H groups in total. The third-order valence-electron chi connectivity index (χ3n) is 3.94. The minimum Gasteiger partial charge on any atom is -0.326 e. The normalized spacial score (nSPS) is 23.3. The molecule has 1 aliphatic rings. The van der Waals surface area contributed by atoms with Crippen molar-refractivity contribution in [2.75, 3.05) is 13.1 Å². The maximum absolute atomic E-state index is 12.6. The summed E-state index contributed by atoms with van der Waals surface area (Å²) in [5.74, 6) is 0.0460. The fourth-order valence-electron chi connectivity index (χ4n) is 2.78. The van der Waals surface area contributed by atoms with Crippen molar-refractivity contribution in [2.24, 2.45) is 5.73 Å². The number of hydrogen-bond donors (Lipinski definition) is 1. The van der Waals surface area contributed by atoms with E-state index in [-0.39, 0.29) is 12.0 Å². The number of benzene rings is 2. The summed E-state index contributed by atoms with van der Waals surface area (Å²) < 4.78 is 26.7. The van der Waals surface area contributed by atoms with Gasteiger partial charge >= 0.3 is 0 Å². The molecule has 2 aromatic rings. The largest absolute Gasteiger partial charge is 0.326 e. The van der Waals surface area contributed by atoms with Crippen LogP contribution in [0.2, 0.25) is 0 Å². The highest BCUT2D eigenvalue weighted by molar-refractivity contribution is 7.89. The van der Waals surface area contributed by atoms with Crippen molar-refractivity contribution >= 4 is 10.0 Å². The van der Waals surface area contributed by atoms with Crippen molar-refractivity contribution in [1.29, 1.82) is 0 Å². The summed E-state index contributed by atoms with van der Waals surface area (Å²) in [4.78, 5) is 0.325. The van der Waals surface area contributed by atoms with E-state index in [0.29, 0.717) is 18.0 Å². The second-order valence-electron chi connectivity index (χ2n) is 5.32. The van der Waals surface area contributed by atoms with Crippen LogP contribution in [0, 0.1) is 0 Å². The molecule has 3 rings (SSSR count). The van der Waals surface area contributed by atoms with Crippen LogP contribution in [-0.4, -0.2) is 31.9 Å². The molecule has 0 amide bonds. The van der Waals surface area contributed by atoms with Gasteiger partial charge in [-0.1, -0.05) is 48.5 Å². The first kappa shape index (κ1) is 14.3. The molecule has 4 nitrogen and oxygen atoms in total. The van der Waals surface area contributed by atoms with Gasteiger partial charge in [0.1, 0.15) is 0 Å². The minimum atomic E-state index is -3.46. The summed E-state index contributed by atoms with van der Waals surface area (Å²) >= 11 is 0. The summed E-state index contributed by atoms with van der Waals surface area (Å²) in [5.41, 5.74) is 7.26. The van der Waals surface area contributed by atoms with E-state index in [1.807, 2.05) is 36.4 Å². The number of sulfonamides is 1. The van der Waals surface area contributed by atoms with Crippen LogP contribution in [0.25, 0.3) is 0 Å². The van der Waals surface area contributed by atoms with Gasteiger partial charge in [0.25, 0.3) is 0 Å². The lowest BCUT2D eigenvalue weighted by Gasteiger charge is -2.16. The lowest BCUT2D eigenvalue weighted by atomic mass is 9.95. The van der Waals surface area contributed by atoms with Gasteiger partial charge in [-0.25, -0.2) is 8.42 Å². The van der Waals surface area contributed by atoms with Gasteiger partial charge in [-0.3, -0.25) is 0 Å². The van der Waals surface area contributed by atoms with E-state index < -0.39 is 10.0 Å². The second kappa shape index (κ2) is 5.60. The second-order valence-corrected chi connectivity index (χ2v) is 7.25. The number of nitrogens with zero attached hydrogens (tertiary/aromatic N) is 1. The molecule has 2 atom stereocenters. The molecule has 2 aromatic carbocycles. The summed E-state index contributed by atoms with van der Waals surface area (Å²) in [6.45, 7) is 0.791. The molecule has 5 heteroatoms. The molecular formula is C16H18N2O2S. The lowest BCUT2D eigenvalue weighted by molar-refractivity contribution is 0.470. The average Bonchev–Trinajstić information content (AvgIpc) is 2.92. The zero-order valence-electron chi connectivity index (χ0n) is 11.6. The van der Waals surface area contributed by atoms with Crippen molar-refractivity contribution in [3.63, 3.8) is 0 Å². The summed E-state index contributed by atoms with van der Waals surface area (Å²) in [7, 11) is -3.46. The number of hydrogen-bond acceptors (Lipinski definition) is 3. The molecule has 0 radical (unpaired) electrons. The third kappa shape index (κ3) is 2.72. The Morgan fingerprint density at radius 1 is 0.905 bits per heavy atom. The zero-order valence-corrected chi connectivity index (χ0v) is 12.4. The van der Waals surface area contributed by atoms with Crippen molar-refractivity contribution in [3.8, 4) is 0 Å². The molecule has 1 aliphatic heterocycles. The first-order chi connectivity index (χ1) is 10.1. The Bertz CT molecular complexity index is 702. The van der Waals surface area contributed by atoms with Gasteiger partial charge in [-0.05, 0) is 17.7 Å². The fraction of sp³-hybridized carbons (Fsp3) is 0.250. The van der Waals surface area contributed by atoms with E-state index in [4.69, 9.17) is 5.73 Å². The smallest absolute Gasteiger partial charge is 0.243 e. The number of rotatable bonds is 3. The molecule has 0 aromatic heterocycles. The molecule has 110 valence electrons. The summed E-state index contributed by atoms with van der Waals surface area (Å²) in [6.07, 6.45) is 0. The Balaban J connectivity index is 1.87. The van der Waals surface area contributed by atoms with Gasteiger partial charge < -0.3 is 5.73 Å². The Kier molecular flexibility index (Phi) is 3.80. The monoisotopic (exact) mass is 302 g/mol. The standard InChI is InChI=1S/C16H18N2O2S/c17-16-12-18(11-15(16)13-7-3-1-4-8-13)21(19,20)14-9-5-2-6-10-14/h1-10,15-16H,11-12,17H2/t15-,16+/m0/s1. The summed E-state index contributed by atoms with van der Waals surface area (Å²) in [6, 6.07) is 18.2. The molecular weight excluding hydrogens is 284 g/mol. The van der Waals surface area contributed by atoms with E-state index in [1.165, 1.54) is 4.31 Å². The van der Waals surface area contributed by atoms with E-state index in [1.54, 1.807) is 24.3 Å². The van der Waals surface area contributed by atoms with Gasteiger partial charge in [0.15, 0.2) is 0 Å². The highest BCUT2D eigenvalue weighted by Crippen LogP contribution is 2.30. The molecule has 0 bridgehead atoms. The predicted molar refractivity (Wildman–Crippen MR) is 82.4 cm³/mol. The molecule has 21 heavy (non-hydrogen) atoms. The first-order valence-electron chi connectivity index (χ1n) is 6.95. The summed E-state index contributed by atoms with van der Waals surface area (Å²) in [5, 5.41) is 0. The predicted octanol–water partition coefficient (Wildman–Crippen LogP) is 1.80. The molecule has 0 aliphatic carbocycles. The SMILES string of the molecule is N[C@@H]1CN(S(=O)(=O)c2ccccc2)C[C@H]1c1ccccc1. The Morgan fingerprint density at radius 3 is 2.10 bits per heavy atom. The van der Waals surface area contributed by atoms with Gasteiger partial charge in [0.05, 0.1) is 4.90 Å². The highest BCUT2D eigenvalue weighted by atomic mass is 32.2. The lowest BCUT2D eigenvalue weighted by Crippen LogP contribution is -2.32. The maximum Gasteiger partial charge on any atom is 0.243 e. The Hall–Kier alpha value is -1.69. The van der Waals surface area contributed by atoms with E-state index in [9.17, 15) is 8.42 Å². The first-order valence-corrected chi connectivity index (χ1v) is 8.39. The molecule has 0 saturated carbocycles. The molecule has 1 saturated heterocycles. The van der Waals surface area contributed by atoms with Crippen LogP contribution in [0.1, 0.15) is 11.5 Å². The van der Waals surface area contributed by atoms with E-state index in [0.717, 1.165) is 5.56 Å². The van der Waals surface area contributed by atoms with Crippen molar-refractivity contribution in [2.45, 2.75) is 16.9 Å². The van der Waals surface area contributed by atoms with Crippen LogP contribution >= 0.6 is 0 Å². The molecule has 1 heterocycles. The van der Waals surface area contributed by atoms with E-state index >= 15 is 0 Å². The van der Waals surface area contributed by atoms with Crippen LogP contribution in [0.4, 0.5) is 0 Å². The van der Waals surface area contributed by atoms with Crippen LogP contribution in [0.3, 0.4) is 0 Å². The van der Waals surface area contributed by atoms with Crippen LogP contribution in [0.5, 0.6) is 0 Å². The quantitative estimate of drug-likeness (QED) is 0.940. The van der Waals surface area contributed by atoms with Crippen LogP contribution < -0.4 is 5.73 Å². The minimum absolute atomic E-state index is 0.0460. The van der Waals surface area contributed by atoms with Crippen molar-refractivity contribution in [3.05, 3.63) is 66.2 Å². The van der Waals surface area contributed by atoms with Gasteiger partial charge in [-0.15, -0.1) is 0 Å². The van der Waals surface area contributed by atoms with Gasteiger partial charge in [-0.2, -0.15) is 4.31 Å². The topological polar surface area (TPSA) is 63.4 Å². The van der Waals surface area contributed by atoms with Crippen molar-refractivity contribution < 1.29 is 8.42 Å². The molecule has 0 unspecified atom stereocenters. The van der Waals surface area contributed by atoms with Crippen LogP contribution in [0.15, 0.2) is 65.6 Å². The van der Waals surface area contributed by atoms with E-state index in [2.05, 4.69) is 0 Å². The molecule has 1 fully saturated rings. The van der Waals surface area contributed by atoms with Gasteiger partial charge in [0, 0.05) is 25.0 Å². The maximum atomic E-state index is 12.6. The Labute approximate surface area is 125 Å². The van der Waals surface area contributed by atoms with Gasteiger partial charge in [0.2, 0.25) is 10.0 Å². The average molecular weight is 302 g/mol. The molecule has 0 spiro atoms.